The first-order chi connectivity index (χ1) is 4.72. The zero-order valence-electron chi connectivity index (χ0n) is 6.71. The Morgan fingerprint density at radius 3 is 2.70 bits per heavy atom. The lowest BCUT2D eigenvalue weighted by atomic mass is 9.99. The van der Waals surface area contributed by atoms with E-state index in [1.807, 2.05) is 5.01 Å². The van der Waals surface area contributed by atoms with E-state index in [0.29, 0.717) is 12.0 Å². The van der Waals surface area contributed by atoms with Crippen molar-refractivity contribution < 1.29 is 4.74 Å². The number of nitrogens with two attached hydrogens (primary N) is 1. The van der Waals surface area contributed by atoms with Crippen LogP contribution in [0.4, 0.5) is 0 Å². The molecule has 1 aliphatic rings. The van der Waals surface area contributed by atoms with Gasteiger partial charge < -0.3 is 4.74 Å². The van der Waals surface area contributed by atoms with E-state index in [1.54, 1.807) is 7.11 Å². The van der Waals surface area contributed by atoms with Crippen molar-refractivity contribution in [1.82, 2.24) is 5.01 Å². The lowest BCUT2D eigenvalue weighted by Gasteiger charge is -2.32. The van der Waals surface area contributed by atoms with Crippen molar-refractivity contribution in [1.29, 1.82) is 0 Å². The Labute approximate surface area is 62.1 Å². The highest BCUT2D eigenvalue weighted by molar-refractivity contribution is 4.73. The number of ether oxygens (including phenoxy) is 1. The maximum Gasteiger partial charge on any atom is 0.0715 e. The van der Waals surface area contributed by atoms with Crippen molar-refractivity contribution >= 4 is 0 Å². The molecule has 0 bridgehead atoms. The first-order valence-electron chi connectivity index (χ1n) is 3.74. The number of nitrogens with zero attached hydrogens (tertiary/aromatic N) is 1. The number of rotatable bonds is 1. The molecular weight excluding hydrogens is 128 g/mol. The van der Waals surface area contributed by atoms with Gasteiger partial charge in [-0.15, -0.1) is 0 Å². The highest BCUT2D eigenvalue weighted by Crippen LogP contribution is 2.15. The summed E-state index contributed by atoms with van der Waals surface area (Å²) in [4.78, 5) is 0. The molecule has 0 saturated carbocycles. The van der Waals surface area contributed by atoms with E-state index in [-0.39, 0.29) is 0 Å². The minimum Gasteiger partial charge on any atom is -0.380 e. The van der Waals surface area contributed by atoms with E-state index < -0.39 is 0 Å². The molecule has 3 nitrogen and oxygen atoms in total. The summed E-state index contributed by atoms with van der Waals surface area (Å²) in [6.07, 6.45) is 1.48. The Hall–Kier alpha value is -0.120. The van der Waals surface area contributed by atoms with Crippen LogP contribution >= 0.6 is 0 Å². The van der Waals surface area contributed by atoms with Crippen LogP contribution in [0.15, 0.2) is 0 Å². The number of hydrazine groups is 1. The number of piperidine rings is 1. The predicted octanol–water partition coefficient (Wildman–Crippen LogP) is 0.217. The average Bonchev–Trinajstić information content (AvgIpc) is 1.85. The fourth-order valence-electron chi connectivity index (χ4n) is 1.51. The first-order valence-corrected chi connectivity index (χ1v) is 3.74. The third kappa shape index (κ3) is 1.94. The van der Waals surface area contributed by atoms with Gasteiger partial charge in [-0.3, -0.25) is 5.84 Å². The van der Waals surface area contributed by atoms with Gasteiger partial charge in [0.05, 0.1) is 6.10 Å². The van der Waals surface area contributed by atoms with Crippen molar-refractivity contribution in [2.75, 3.05) is 20.2 Å². The lowest BCUT2D eigenvalue weighted by Crippen LogP contribution is -2.46. The van der Waals surface area contributed by atoms with Crippen LogP contribution in [0.5, 0.6) is 0 Å². The van der Waals surface area contributed by atoms with Crippen molar-refractivity contribution in [2.45, 2.75) is 19.4 Å². The second-order valence-electron chi connectivity index (χ2n) is 3.15. The van der Waals surface area contributed by atoms with Gasteiger partial charge in [-0.25, -0.2) is 5.01 Å². The molecule has 0 aromatic carbocycles. The second-order valence-corrected chi connectivity index (χ2v) is 3.15. The van der Waals surface area contributed by atoms with Gasteiger partial charge in [0.25, 0.3) is 0 Å². The largest absolute Gasteiger partial charge is 0.380 e. The first kappa shape index (κ1) is 7.98. The zero-order valence-corrected chi connectivity index (χ0v) is 6.71. The number of hydrogen-bond acceptors (Lipinski definition) is 3. The molecule has 0 radical (unpaired) electrons. The predicted molar refractivity (Wildman–Crippen MR) is 40.3 cm³/mol. The molecule has 0 aromatic rings. The summed E-state index contributed by atoms with van der Waals surface area (Å²) in [5, 5.41) is 1.84. The summed E-state index contributed by atoms with van der Waals surface area (Å²) in [5.41, 5.74) is 0. The van der Waals surface area contributed by atoms with Crippen LogP contribution in [0.25, 0.3) is 0 Å². The molecule has 0 amide bonds. The molecule has 1 saturated heterocycles. The van der Waals surface area contributed by atoms with Crippen LogP contribution in [0.1, 0.15) is 13.3 Å². The fourth-order valence-corrected chi connectivity index (χ4v) is 1.51. The maximum atomic E-state index is 5.64. The standard InChI is InChI=1S/C7H16N2O/c1-6-3-7(10-2)5-9(8)4-6/h6-7H,3-5,8H2,1-2H3. The third-order valence-electron chi connectivity index (χ3n) is 1.98. The van der Waals surface area contributed by atoms with E-state index in [9.17, 15) is 0 Å². The maximum absolute atomic E-state index is 5.64. The minimum atomic E-state index is 0.341. The van der Waals surface area contributed by atoms with Crippen molar-refractivity contribution in [3.63, 3.8) is 0 Å². The molecule has 1 aliphatic heterocycles. The van der Waals surface area contributed by atoms with Crippen LogP contribution in [0.3, 0.4) is 0 Å². The Morgan fingerprint density at radius 2 is 2.20 bits per heavy atom. The second kappa shape index (κ2) is 3.32. The van der Waals surface area contributed by atoms with Crippen LogP contribution in [0.2, 0.25) is 0 Å². The minimum absolute atomic E-state index is 0.341. The van der Waals surface area contributed by atoms with Crippen LogP contribution < -0.4 is 5.84 Å². The van der Waals surface area contributed by atoms with E-state index in [4.69, 9.17) is 10.6 Å². The topological polar surface area (TPSA) is 38.5 Å². The Morgan fingerprint density at radius 1 is 1.50 bits per heavy atom. The van der Waals surface area contributed by atoms with Gasteiger partial charge in [-0.05, 0) is 12.3 Å². The van der Waals surface area contributed by atoms with Gasteiger partial charge in [0, 0.05) is 20.2 Å². The molecule has 3 heteroatoms. The van der Waals surface area contributed by atoms with Crippen LogP contribution in [-0.2, 0) is 4.74 Å². The highest BCUT2D eigenvalue weighted by atomic mass is 16.5. The molecule has 60 valence electrons. The molecule has 1 fully saturated rings. The molecular formula is C7H16N2O. The van der Waals surface area contributed by atoms with Gasteiger partial charge >= 0.3 is 0 Å². The van der Waals surface area contributed by atoms with Crippen molar-refractivity contribution in [3.05, 3.63) is 0 Å². The molecule has 10 heavy (non-hydrogen) atoms. The Balaban J connectivity index is 2.35. The van der Waals surface area contributed by atoms with Gasteiger partial charge in [0.1, 0.15) is 0 Å². The normalized spacial score (nSPS) is 36.3. The summed E-state index contributed by atoms with van der Waals surface area (Å²) in [6, 6.07) is 0. The molecule has 0 aliphatic carbocycles. The SMILES string of the molecule is COC1CC(C)CN(N)C1. The van der Waals surface area contributed by atoms with E-state index >= 15 is 0 Å². The van der Waals surface area contributed by atoms with E-state index in [0.717, 1.165) is 19.5 Å². The Kier molecular flexibility index (Phi) is 2.65. The number of methoxy groups -OCH3 is 1. The van der Waals surface area contributed by atoms with Crippen molar-refractivity contribution in [3.8, 4) is 0 Å². The van der Waals surface area contributed by atoms with E-state index in [2.05, 4.69) is 6.92 Å². The molecule has 2 N–H and O–H groups in total. The van der Waals surface area contributed by atoms with Crippen LogP contribution in [0, 0.1) is 5.92 Å². The summed E-state index contributed by atoms with van der Waals surface area (Å²) in [6.45, 7) is 4.08. The molecule has 0 aromatic heterocycles. The summed E-state index contributed by atoms with van der Waals surface area (Å²) in [5.74, 6) is 6.31. The van der Waals surface area contributed by atoms with E-state index in [1.165, 1.54) is 0 Å². The van der Waals surface area contributed by atoms with Gasteiger partial charge in [-0.1, -0.05) is 6.92 Å². The summed E-state index contributed by atoms with van der Waals surface area (Å²) < 4.78 is 5.21. The number of hydrogen-bond donors (Lipinski definition) is 1. The average molecular weight is 144 g/mol. The molecule has 0 spiro atoms. The summed E-state index contributed by atoms with van der Waals surface area (Å²) in [7, 11) is 1.75. The molecule has 1 rings (SSSR count). The Bertz CT molecular complexity index is 97.8. The third-order valence-corrected chi connectivity index (χ3v) is 1.98. The van der Waals surface area contributed by atoms with Gasteiger partial charge in [0.15, 0.2) is 0 Å². The van der Waals surface area contributed by atoms with Crippen molar-refractivity contribution in [2.24, 2.45) is 11.8 Å². The zero-order chi connectivity index (χ0) is 7.56. The fraction of sp³-hybridized carbons (Fsp3) is 1.00. The quantitative estimate of drug-likeness (QED) is 0.535. The van der Waals surface area contributed by atoms with Crippen LogP contribution in [-0.4, -0.2) is 31.3 Å². The molecule has 2 atom stereocenters. The molecule has 2 unspecified atom stereocenters. The van der Waals surface area contributed by atoms with Gasteiger partial charge in [0.2, 0.25) is 0 Å². The highest BCUT2D eigenvalue weighted by Gasteiger charge is 2.21. The lowest BCUT2D eigenvalue weighted by molar-refractivity contribution is 0.0110. The summed E-state index contributed by atoms with van der Waals surface area (Å²) >= 11 is 0. The van der Waals surface area contributed by atoms with Gasteiger partial charge in [-0.2, -0.15) is 0 Å². The molecule has 1 heterocycles. The monoisotopic (exact) mass is 144 g/mol. The smallest absolute Gasteiger partial charge is 0.0715 e.